The van der Waals surface area contributed by atoms with Gasteiger partial charge in [-0.1, -0.05) is 44.0 Å². The minimum Gasteiger partial charge on any atom is -0.409 e. The summed E-state index contributed by atoms with van der Waals surface area (Å²) in [5, 5.41) is 4.59. The summed E-state index contributed by atoms with van der Waals surface area (Å²) in [6.45, 7) is 18.3. The zero-order valence-electron chi connectivity index (χ0n) is 16.2. The second-order valence-corrected chi connectivity index (χ2v) is 14.5. The van der Waals surface area contributed by atoms with Crippen molar-refractivity contribution < 1.29 is 4.43 Å². The van der Waals surface area contributed by atoms with E-state index in [0.717, 1.165) is 5.56 Å². The third kappa shape index (κ3) is 5.92. The van der Waals surface area contributed by atoms with Gasteiger partial charge in [0.2, 0.25) is 0 Å². The van der Waals surface area contributed by atoms with E-state index in [-0.39, 0.29) is 16.7 Å². The molecule has 1 unspecified atom stereocenters. The van der Waals surface area contributed by atoms with Crippen molar-refractivity contribution in [2.24, 2.45) is 0 Å². The van der Waals surface area contributed by atoms with Crippen LogP contribution in [0.25, 0.3) is 0 Å². The average molecular weight is 391 g/mol. The number of hydrogen-bond acceptors (Lipinski definition) is 3. The molecule has 0 aliphatic carbocycles. The minimum atomic E-state index is -1.95. The summed E-state index contributed by atoms with van der Waals surface area (Å²) < 4.78 is 6.65. The maximum Gasteiger partial charge on any atom is 0.192 e. The second kappa shape index (κ2) is 7.54. The van der Waals surface area contributed by atoms with E-state index in [1.807, 2.05) is 12.1 Å². The highest BCUT2D eigenvalue weighted by Crippen LogP contribution is 2.41. The molecule has 0 radical (unpaired) electrons. The number of anilines is 1. The van der Waals surface area contributed by atoms with Crippen LogP contribution in [-0.4, -0.2) is 20.4 Å². The molecule has 6 heteroatoms. The molecule has 24 heavy (non-hydrogen) atoms. The summed E-state index contributed by atoms with van der Waals surface area (Å²) in [6, 6.07) is 3.73. The highest BCUT2D eigenvalue weighted by molar-refractivity contribution is 6.74. The zero-order valence-corrected chi connectivity index (χ0v) is 18.7. The minimum absolute atomic E-state index is 0.00353. The highest BCUT2D eigenvalue weighted by atomic mass is 35.5. The number of nitrogens with two attached hydrogens (primary N) is 1. The summed E-state index contributed by atoms with van der Waals surface area (Å²) in [5.41, 5.74) is 7.25. The van der Waals surface area contributed by atoms with E-state index in [9.17, 15) is 0 Å². The van der Waals surface area contributed by atoms with Gasteiger partial charge in [-0.05, 0) is 56.6 Å². The molecule has 138 valence electrons. The highest BCUT2D eigenvalue weighted by Gasteiger charge is 2.39. The van der Waals surface area contributed by atoms with Crippen LogP contribution < -0.4 is 11.1 Å². The van der Waals surface area contributed by atoms with Crippen LogP contribution in [0, 0.1) is 0 Å². The van der Waals surface area contributed by atoms with Crippen molar-refractivity contribution in [1.82, 2.24) is 5.32 Å². The van der Waals surface area contributed by atoms with Crippen LogP contribution in [-0.2, 0) is 4.43 Å². The summed E-state index contributed by atoms with van der Waals surface area (Å²) in [7, 11) is -1.95. The maximum atomic E-state index is 6.65. The maximum absolute atomic E-state index is 6.65. The number of halogens is 2. The van der Waals surface area contributed by atoms with Crippen molar-refractivity contribution in [3.63, 3.8) is 0 Å². The molecule has 3 N–H and O–H groups in total. The molecule has 0 aliphatic heterocycles. The molecular formula is C18H32Cl2N2OSi. The van der Waals surface area contributed by atoms with Crippen molar-refractivity contribution in [1.29, 1.82) is 0 Å². The third-order valence-corrected chi connectivity index (χ3v) is 9.65. The van der Waals surface area contributed by atoms with Gasteiger partial charge >= 0.3 is 0 Å². The van der Waals surface area contributed by atoms with Gasteiger partial charge in [-0.2, -0.15) is 0 Å². The number of benzene rings is 1. The fourth-order valence-electron chi connectivity index (χ4n) is 1.95. The molecule has 0 bridgehead atoms. The van der Waals surface area contributed by atoms with E-state index < -0.39 is 8.32 Å². The SMILES string of the molecule is CC(C)(C)NCC(O[Si](C)(C)C(C)(C)C)c1cc(Cl)c(N)c(Cl)c1. The molecule has 1 rings (SSSR count). The van der Waals surface area contributed by atoms with Crippen molar-refractivity contribution in [3.05, 3.63) is 27.7 Å². The van der Waals surface area contributed by atoms with E-state index in [4.69, 9.17) is 33.4 Å². The van der Waals surface area contributed by atoms with Crippen molar-refractivity contribution in [2.45, 2.75) is 71.3 Å². The molecule has 1 aromatic carbocycles. The summed E-state index contributed by atoms with van der Waals surface area (Å²) >= 11 is 12.5. The number of hydrogen-bond donors (Lipinski definition) is 2. The van der Waals surface area contributed by atoms with E-state index in [1.165, 1.54) is 0 Å². The Morgan fingerprint density at radius 1 is 1.08 bits per heavy atom. The molecule has 0 fully saturated rings. The molecule has 0 amide bonds. The van der Waals surface area contributed by atoms with E-state index in [2.05, 4.69) is 60.0 Å². The van der Waals surface area contributed by atoms with Gasteiger partial charge in [0.05, 0.1) is 21.8 Å². The third-order valence-electron chi connectivity index (χ3n) is 4.53. The van der Waals surface area contributed by atoms with E-state index in [1.54, 1.807) is 0 Å². The van der Waals surface area contributed by atoms with Crippen molar-refractivity contribution in [2.75, 3.05) is 12.3 Å². The smallest absolute Gasteiger partial charge is 0.192 e. The Labute approximate surface area is 158 Å². The van der Waals surface area contributed by atoms with E-state index >= 15 is 0 Å². The Balaban J connectivity index is 3.19. The van der Waals surface area contributed by atoms with Gasteiger partial charge in [0.1, 0.15) is 0 Å². The predicted molar refractivity (Wildman–Crippen MR) is 110 cm³/mol. The summed E-state index contributed by atoms with van der Waals surface area (Å²) in [5.74, 6) is 0. The lowest BCUT2D eigenvalue weighted by atomic mass is 10.1. The van der Waals surface area contributed by atoms with Gasteiger partial charge in [-0.3, -0.25) is 0 Å². The predicted octanol–water partition coefficient (Wildman–Crippen LogP) is 6.03. The first kappa shape index (κ1) is 21.8. The Bertz CT molecular complexity index is 554. The Hall–Kier alpha value is -0.263. The van der Waals surface area contributed by atoms with Gasteiger partial charge in [-0.25, -0.2) is 0 Å². The van der Waals surface area contributed by atoms with Crippen LogP contribution in [0.4, 0.5) is 5.69 Å². The molecule has 1 atom stereocenters. The summed E-state index contributed by atoms with van der Waals surface area (Å²) in [4.78, 5) is 0. The topological polar surface area (TPSA) is 47.3 Å². The Morgan fingerprint density at radius 2 is 1.54 bits per heavy atom. The van der Waals surface area contributed by atoms with Crippen molar-refractivity contribution in [3.8, 4) is 0 Å². The molecule has 0 spiro atoms. The second-order valence-electron chi connectivity index (χ2n) is 8.90. The van der Waals surface area contributed by atoms with Gasteiger partial charge in [-0.15, -0.1) is 0 Å². The number of rotatable bonds is 5. The van der Waals surface area contributed by atoms with Crippen LogP contribution >= 0.6 is 23.2 Å². The van der Waals surface area contributed by atoms with Gasteiger partial charge in [0.25, 0.3) is 0 Å². The largest absolute Gasteiger partial charge is 0.409 e. The number of nitrogen functional groups attached to an aromatic ring is 1. The molecule has 0 aromatic heterocycles. The molecule has 3 nitrogen and oxygen atoms in total. The van der Waals surface area contributed by atoms with Crippen LogP contribution in [0.15, 0.2) is 12.1 Å². The van der Waals surface area contributed by atoms with Crippen LogP contribution in [0.1, 0.15) is 53.2 Å². The fourth-order valence-corrected chi connectivity index (χ4v) is 3.74. The first-order valence-corrected chi connectivity index (χ1v) is 12.0. The molecule has 0 heterocycles. The molecular weight excluding hydrogens is 359 g/mol. The fraction of sp³-hybridized carbons (Fsp3) is 0.667. The van der Waals surface area contributed by atoms with Crippen molar-refractivity contribution >= 4 is 37.2 Å². The first-order chi connectivity index (χ1) is 10.6. The van der Waals surface area contributed by atoms with Crippen LogP contribution in [0.5, 0.6) is 0 Å². The van der Waals surface area contributed by atoms with E-state index in [0.29, 0.717) is 22.3 Å². The lowest BCUT2D eigenvalue weighted by Crippen LogP contribution is -2.45. The Morgan fingerprint density at radius 3 is 1.92 bits per heavy atom. The monoisotopic (exact) mass is 390 g/mol. The number of nitrogens with one attached hydrogen (secondary N) is 1. The lowest BCUT2D eigenvalue weighted by Gasteiger charge is -2.40. The average Bonchev–Trinajstić information content (AvgIpc) is 2.37. The van der Waals surface area contributed by atoms with Crippen LogP contribution in [0.2, 0.25) is 28.2 Å². The van der Waals surface area contributed by atoms with Gasteiger partial charge in [0.15, 0.2) is 8.32 Å². The molecule has 1 aromatic rings. The quantitative estimate of drug-likeness (QED) is 0.476. The molecule has 0 aliphatic rings. The molecule has 0 saturated heterocycles. The van der Waals surface area contributed by atoms with Gasteiger partial charge < -0.3 is 15.5 Å². The lowest BCUT2D eigenvalue weighted by molar-refractivity contribution is 0.169. The standard InChI is InChI=1S/C18H32Cl2N2OSi/c1-17(2,3)22-11-15(23-24(7,8)18(4,5)6)12-9-13(19)16(21)14(20)10-12/h9-10,15,22H,11,21H2,1-8H3. The zero-order chi connectivity index (χ0) is 18.9. The summed E-state index contributed by atoms with van der Waals surface area (Å²) in [6.07, 6.45) is -0.124. The normalized spacial score (nSPS) is 14.8. The van der Waals surface area contributed by atoms with Gasteiger partial charge in [0, 0.05) is 12.1 Å². The molecule has 0 saturated carbocycles. The first-order valence-electron chi connectivity index (χ1n) is 8.31. The Kier molecular flexibility index (Phi) is 6.85. The van der Waals surface area contributed by atoms with Crippen LogP contribution in [0.3, 0.4) is 0 Å².